The van der Waals surface area contributed by atoms with E-state index in [4.69, 9.17) is 9.47 Å². The van der Waals surface area contributed by atoms with Gasteiger partial charge in [-0.2, -0.15) is 0 Å². The third-order valence-electron chi connectivity index (χ3n) is 6.36. The van der Waals surface area contributed by atoms with Crippen LogP contribution in [0, 0.1) is 23.7 Å². The zero-order valence-electron chi connectivity index (χ0n) is 11.1. The third-order valence-corrected chi connectivity index (χ3v) is 6.36. The summed E-state index contributed by atoms with van der Waals surface area (Å²) in [5.41, 5.74) is 0. The fourth-order valence-corrected chi connectivity index (χ4v) is 5.84. The SMILES string of the molecule is CCCCN1[C@@H]2O[C@@H]3CC[C@@H]4O[C@H]1[C@@H]1C[C@H]2[C@H]3[C@@H]14. The van der Waals surface area contributed by atoms with Crippen molar-refractivity contribution in [1.82, 2.24) is 4.90 Å². The van der Waals surface area contributed by atoms with E-state index in [1.165, 1.54) is 38.6 Å². The lowest BCUT2D eigenvalue weighted by molar-refractivity contribution is -0.177. The smallest absolute Gasteiger partial charge is 0.116 e. The molecule has 2 aliphatic carbocycles. The van der Waals surface area contributed by atoms with Gasteiger partial charge in [0.2, 0.25) is 0 Å². The van der Waals surface area contributed by atoms with Gasteiger partial charge in [-0.15, -0.1) is 0 Å². The Morgan fingerprint density at radius 2 is 1.61 bits per heavy atom. The maximum absolute atomic E-state index is 6.44. The molecular formula is C15H23NO2. The summed E-state index contributed by atoms with van der Waals surface area (Å²) in [6.45, 7) is 3.45. The molecule has 3 heteroatoms. The van der Waals surface area contributed by atoms with Gasteiger partial charge in [0.05, 0.1) is 12.2 Å². The molecule has 5 fully saturated rings. The summed E-state index contributed by atoms with van der Waals surface area (Å²) in [6, 6.07) is 0. The van der Waals surface area contributed by atoms with E-state index in [1.807, 2.05) is 0 Å². The molecule has 2 saturated carbocycles. The second-order valence-corrected chi connectivity index (χ2v) is 7.02. The molecule has 3 saturated heterocycles. The number of piperidine rings is 1. The molecule has 3 nitrogen and oxygen atoms in total. The normalized spacial score (nSPS) is 59.8. The van der Waals surface area contributed by atoms with Gasteiger partial charge in [0.25, 0.3) is 0 Å². The van der Waals surface area contributed by atoms with Crippen molar-refractivity contribution in [2.75, 3.05) is 6.54 Å². The number of hydrogen-bond acceptors (Lipinski definition) is 3. The largest absolute Gasteiger partial charge is 0.359 e. The summed E-state index contributed by atoms with van der Waals surface area (Å²) in [4.78, 5) is 2.60. The van der Waals surface area contributed by atoms with Crippen LogP contribution in [-0.2, 0) is 9.47 Å². The van der Waals surface area contributed by atoms with Gasteiger partial charge in [-0.25, -0.2) is 0 Å². The summed E-state index contributed by atoms with van der Waals surface area (Å²) in [5.74, 6) is 3.36. The Kier molecular flexibility index (Phi) is 2.07. The summed E-state index contributed by atoms with van der Waals surface area (Å²) >= 11 is 0. The monoisotopic (exact) mass is 249 g/mol. The van der Waals surface area contributed by atoms with Crippen LogP contribution in [0.4, 0.5) is 0 Å². The molecular weight excluding hydrogens is 226 g/mol. The van der Waals surface area contributed by atoms with Crippen LogP contribution in [0.2, 0.25) is 0 Å². The summed E-state index contributed by atoms with van der Waals surface area (Å²) in [5, 5.41) is 0. The van der Waals surface area contributed by atoms with E-state index in [2.05, 4.69) is 11.8 Å². The minimum atomic E-state index is 0.400. The van der Waals surface area contributed by atoms with Crippen molar-refractivity contribution < 1.29 is 9.47 Å². The Morgan fingerprint density at radius 1 is 1.00 bits per heavy atom. The maximum atomic E-state index is 6.44. The topological polar surface area (TPSA) is 21.7 Å². The van der Waals surface area contributed by atoms with Crippen molar-refractivity contribution in [3.8, 4) is 0 Å². The van der Waals surface area contributed by atoms with E-state index in [0.29, 0.717) is 24.7 Å². The maximum Gasteiger partial charge on any atom is 0.116 e. The van der Waals surface area contributed by atoms with Crippen molar-refractivity contribution in [2.24, 2.45) is 23.7 Å². The Hall–Kier alpha value is -0.120. The van der Waals surface area contributed by atoms with Gasteiger partial charge < -0.3 is 9.47 Å². The lowest BCUT2D eigenvalue weighted by Gasteiger charge is -2.42. The Balaban J connectivity index is 1.55. The quantitative estimate of drug-likeness (QED) is 0.765. The van der Waals surface area contributed by atoms with Gasteiger partial charge in [-0.1, -0.05) is 13.3 Å². The first-order chi connectivity index (χ1) is 8.88. The van der Waals surface area contributed by atoms with Crippen LogP contribution in [0.1, 0.15) is 39.0 Å². The van der Waals surface area contributed by atoms with E-state index in [0.717, 1.165) is 23.7 Å². The van der Waals surface area contributed by atoms with Crippen molar-refractivity contribution in [3.63, 3.8) is 0 Å². The highest BCUT2D eigenvalue weighted by Gasteiger charge is 2.69. The number of likely N-dealkylation sites (tertiary alicyclic amines) is 1. The lowest BCUT2D eigenvalue weighted by Crippen LogP contribution is -2.52. The van der Waals surface area contributed by atoms with Crippen LogP contribution >= 0.6 is 0 Å². The van der Waals surface area contributed by atoms with E-state index in [-0.39, 0.29) is 0 Å². The first-order valence-corrected chi connectivity index (χ1v) is 7.95. The molecule has 0 unspecified atom stereocenters. The molecule has 0 aromatic carbocycles. The first-order valence-electron chi connectivity index (χ1n) is 7.95. The Bertz CT molecular complexity index is 344. The van der Waals surface area contributed by atoms with E-state index in [1.54, 1.807) is 0 Å². The minimum absolute atomic E-state index is 0.400. The number of unbranched alkanes of at least 4 members (excludes halogenated alkanes) is 1. The predicted molar refractivity (Wildman–Crippen MR) is 66.7 cm³/mol. The summed E-state index contributed by atoms with van der Waals surface area (Å²) in [7, 11) is 0. The standard InChI is InChI=1S/C15H23NO2/c1-2-3-6-16-14-8-7-9-13-11(18-15(9)16)5-4-10(17-14)12(8)13/h8-15H,2-7H2,1H3/t8-,9+,10+,11-,12+,13-,14+,15-. The molecule has 0 aromatic heterocycles. The van der Waals surface area contributed by atoms with Crippen molar-refractivity contribution in [3.05, 3.63) is 0 Å². The number of nitrogens with zero attached hydrogens (tertiary/aromatic N) is 1. The molecule has 0 amide bonds. The highest BCUT2D eigenvalue weighted by Crippen LogP contribution is 2.65. The second-order valence-electron chi connectivity index (χ2n) is 7.02. The highest BCUT2D eigenvalue weighted by atomic mass is 16.6. The van der Waals surface area contributed by atoms with E-state index < -0.39 is 0 Å². The molecule has 0 spiro atoms. The second kappa shape index (κ2) is 3.50. The number of hydrogen-bond donors (Lipinski definition) is 0. The van der Waals surface area contributed by atoms with Crippen LogP contribution in [-0.4, -0.2) is 36.1 Å². The van der Waals surface area contributed by atoms with E-state index in [9.17, 15) is 0 Å². The predicted octanol–water partition coefficient (Wildman–Crippen LogP) is 2.21. The van der Waals surface area contributed by atoms with Crippen LogP contribution in [0.25, 0.3) is 0 Å². The molecule has 0 aromatic rings. The molecule has 3 heterocycles. The molecule has 8 atom stereocenters. The minimum Gasteiger partial charge on any atom is -0.359 e. The zero-order chi connectivity index (χ0) is 11.9. The number of ether oxygens (including phenoxy) is 2. The van der Waals surface area contributed by atoms with Gasteiger partial charge in [-0.05, 0) is 37.5 Å². The van der Waals surface area contributed by atoms with Crippen LogP contribution in [0.15, 0.2) is 0 Å². The molecule has 100 valence electrons. The van der Waals surface area contributed by atoms with Crippen LogP contribution in [0.3, 0.4) is 0 Å². The fraction of sp³-hybridized carbons (Fsp3) is 1.00. The van der Waals surface area contributed by atoms with Crippen molar-refractivity contribution >= 4 is 0 Å². The first kappa shape index (κ1) is 10.6. The molecule has 0 N–H and O–H groups in total. The van der Waals surface area contributed by atoms with Crippen molar-refractivity contribution in [2.45, 2.75) is 63.7 Å². The third kappa shape index (κ3) is 1.09. The highest BCUT2D eigenvalue weighted by molar-refractivity contribution is 5.14. The van der Waals surface area contributed by atoms with Crippen molar-refractivity contribution in [1.29, 1.82) is 0 Å². The fourth-order valence-electron chi connectivity index (χ4n) is 5.84. The lowest BCUT2D eigenvalue weighted by atomic mass is 9.75. The molecule has 3 aliphatic heterocycles. The summed E-state index contributed by atoms with van der Waals surface area (Å²) in [6.07, 6.45) is 8.37. The van der Waals surface area contributed by atoms with Gasteiger partial charge in [0, 0.05) is 18.4 Å². The molecule has 18 heavy (non-hydrogen) atoms. The molecule has 5 rings (SSSR count). The van der Waals surface area contributed by atoms with Gasteiger partial charge >= 0.3 is 0 Å². The van der Waals surface area contributed by atoms with Gasteiger partial charge in [-0.3, -0.25) is 4.90 Å². The Morgan fingerprint density at radius 3 is 2.17 bits per heavy atom. The Labute approximate surface area is 109 Å². The van der Waals surface area contributed by atoms with E-state index >= 15 is 0 Å². The molecule has 5 aliphatic rings. The molecule has 0 radical (unpaired) electrons. The molecule has 2 bridgehead atoms. The summed E-state index contributed by atoms with van der Waals surface area (Å²) < 4.78 is 12.9. The zero-order valence-corrected chi connectivity index (χ0v) is 11.1. The number of rotatable bonds is 3. The average Bonchev–Trinajstić information content (AvgIpc) is 3.02. The van der Waals surface area contributed by atoms with Crippen LogP contribution in [0.5, 0.6) is 0 Å². The van der Waals surface area contributed by atoms with Crippen LogP contribution < -0.4 is 0 Å². The van der Waals surface area contributed by atoms with Gasteiger partial charge in [0.1, 0.15) is 12.5 Å². The van der Waals surface area contributed by atoms with Gasteiger partial charge in [0.15, 0.2) is 0 Å². The average molecular weight is 249 g/mol.